The van der Waals surface area contributed by atoms with Crippen molar-refractivity contribution in [1.82, 2.24) is 9.88 Å². The van der Waals surface area contributed by atoms with Crippen LogP contribution in [-0.4, -0.2) is 58.4 Å². The average Bonchev–Trinajstić information content (AvgIpc) is 3.54. The number of halogens is 1. The molecule has 0 fully saturated rings. The molecule has 1 atom stereocenters. The van der Waals surface area contributed by atoms with Gasteiger partial charge in [-0.25, -0.2) is 9.78 Å². The van der Waals surface area contributed by atoms with E-state index in [0.29, 0.717) is 38.8 Å². The first-order valence-electron chi connectivity index (χ1n) is 14.0. The fourth-order valence-corrected chi connectivity index (χ4v) is 4.96. The molecule has 0 radical (unpaired) electrons. The van der Waals surface area contributed by atoms with Crippen molar-refractivity contribution in [3.63, 3.8) is 0 Å². The van der Waals surface area contributed by atoms with Gasteiger partial charge in [-0.15, -0.1) is 0 Å². The Morgan fingerprint density at radius 3 is 2.48 bits per heavy atom. The quantitative estimate of drug-likeness (QED) is 0.156. The van der Waals surface area contributed by atoms with E-state index in [1.54, 1.807) is 75.4 Å². The Kier molecular flexibility index (Phi) is 10.3. The van der Waals surface area contributed by atoms with E-state index >= 15 is 0 Å². The number of carboxylic acid groups (broad SMARTS) is 1. The van der Waals surface area contributed by atoms with E-state index in [1.807, 2.05) is 0 Å². The average molecular weight is 646 g/mol. The van der Waals surface area contributed by atoms with Crippen LogP contribution in [0.2, 0.25) is 5.02 Å². The third kappa shape index (κ3) is 7.63. The maximum Gasteiger partial charge on any atom is 0.408 e. The lowest BCUT2D eigenvalue weighted by molar-refractivity contribution is -0.121. The number of pyridine rings is 1. The van der Waals surface area contributed by atoms with Gasteiger partial charge >= 0.3 is 6.09 Å². The molecular weight excluding hydrogens is 614 g/mol. The number of ether oxygens (including phenoxy) is 2. The first-order chi connectivity index (χ1) is 21.8. The first-order valence-corrected chi connectivity index (χ1v) is 14.4. The van der Waals surface area contributed by atoms with Crippen molar-refractivity contribution in [3.8, 4) is 34.2 Å². The fraction of sp³-hybridized carbons (Fsp3) is 0.242. The summed E-state index contributed by atoms with van der Waals surface area (Å²) in [7, 11) is 1.47. The lowest BCUT2D eigenvalue weighted by atomic mass is 9.97. The summed E-state index contributed by atoms with van der Waals surface area (Å²) in [6, 6.07) is 17.4. The van der Waals surface area contributed by atoms with Gasteiger partial charge in [0.15, 0.2) is 18.4 Å². The highest BCUT2D eigenvalue weighted by Crippen LogP contribution is 2.38. The Balaban J connectivity index is 1.82. The number of nitrogens with zero attached hydrogens (tertiary/aromatic N) is 3. The topological polar surface area (TPSA) is 167 Å². The number of methoxy groups -OCH3 is 1. The number of carbonyl (C=O) groups is 3. The molecule has 4 aromatic rings. The van der Waals surface area contributed by atoms with Crippen LogP contribution in [-0.2, 0) is 9.53 Å². The lowest BCUT2D eigenvalue weighted by Crippen LogP contribution is -2.54. The summed E-state index contributed by atoms with van der Waals surface area (Å²) in [6.07, 6.45) is 0.118. The van der Waals surface area contributed by atoms with E-state index in [4.69, 9.17) is 25.5 Å². The molecule has 2 aromatic carbocycles. The highest BCUT2D eigenvalue weighted by Gasteiger charge is 2.34. The van der Waals surface area contributed by atoms with Gasteiger partial charge in [-0.1, -0.05) is 23.7 Å². The van der Waals surface area contributed by atoms with Crippen molar-refractivity contribution >= 4 is 41.0 Å². The van der Waals surface area contributed by atoms with Gasteiger partial charge in [0.05, 0.1) is 12.0 Å². The summed E-state index contributed by atoms with van der Waals surface area (Å²) >= 11 is 6.24. The smallest absolute Gasteiger partial charge is 0.408 e. The molecule has 0 aliphatic rings. The van der Waals surface area contributed by atoms with E-state index in [-0.39, 0.29) is 23.9 Å². The molecule has 0 spiro atoms. The van der Waals surface area contributed by atoms with Crippen LogP contribution in [0.15, 0.2) is 71.3 Å². The maximum atomic E-state index is 13.2. The van der Waals surface area contributed by atoms with Crippen LogP contribution in [0.1, 0.15) is 43.8 Å². The first kappa shape index (κ1) is 33.5. The van der Waals surface area contributed by atoms with Gasteiger partial charge in [0, 0.05) is 34.5 Å². The molecule has 0 aliphatic heterocycles. The number of furan rings is 1. The van der Waals surface area contributed by atoms with Crippen LogP contribution >= 0.6 is 11.6 Å². The number of aromatic nitrogens is 1. The number of amides is 3. The lowest BCUT2D eigenvalue weighted by Gasteiger charge is -2.37. The van der Waals surface area contributed by atoms with Gasteiger partial charge < -0.3 is 29.6 Å². The van der Waals surface area contributed by atoms with Crippen LogP contribution in [0.25, 0.3) is 22.4 Å². The number of hydrogen-bond donors (Lipinski definition) is 3. The number of carbonyl (C=O) groups excluding carboxylic acids is 2. The van der Waals surface area contributed by atoms with Crippen molar-refractivity contribution in [2.75, 3.05) is 24.5 Å². The fourth-order valence-electron chi connectivity index (χ4n) is 4.80. The summed E-state index contributed by atoms with van der Waals surface area (Å²) < 4.78 is 16.0. The molecule has 46 heavy (non-hydrogen) atoms. The Bertz CT molecular complexity index is 1800. The summed E-state index contributed by atoms with van der Waals surface area (Å²) in [6.45, 7) is 6.53. The maximum absolute atomic E-state index is 13.2. The van der Waals surface area contributed by atoms with Gasteiger partial charge in [0.1, 0.15) is 23.4 Å². The van der Waals surface area contributed by atoms with Crippen molar-refractivity contribution in [2.45, 2.75) is 39.3 Å². The molecule has 4 rings (SSSR count). The second-order valence-electron chi connectivity index (χ2n) is 11.1. The highest BCUT2D eigenvalue weighted by molar-refractivity contribution is 6.30. The predicted molar refractivity (Wildman–Crippen MR) is 172 cm³/mol. The van der Waals surface area contributed by atoms with Crippen molar-refractivity contribution in [3.05, 3.63) is 83.3 Å². The minimum absolute atomic E-state index is 0.0118. The number of anilines is 2. The molecule has 3 amide bonds. The number of rotatable bonds is 10. The van der Waals surface area contributed by atoms with Crippen molar-refractivity contribution in [2.24, 2.45) is 0 Å². The zero-order valence-electron chi connectivity index (χ0n) is 25.8. The zero-order valence-corrected chi connectivity index (χ0v) is 26.5. The minimum Gasteiger partial charge on any atom is -0.467 e. The molecular formula is C33H32ClN5O7. The van der Waals surface area contributed by atoms with Gasteiger partial charge in [0.25, 0.3) is 5.91 Å². The number of nitrogens with one attached hydrogen (secondary N) is 2. The molecule has 0 bridgehead atoms. The molecule has 0 aliphatic carbocycles. The van der Waals surface area contributed by atoms with Crippen LogP contribution < -0.4 is 15.4 Å². The largest absolute Gasteiger partial charge is 0.467 e. The Labute approximate surface area is 270 Å². The molecule has 2 heterocycles. The van der Waals surface area contributed by atoms with E-state index in [0.717, 1.165) is 4.90 Å². The molecule has 0 saturated heterocycles. The zero-order chi connectivity index (χ0) is 33.6. The Morgan fingerprint density at radius 1 is 1.09 bits per heavy atom. The molecule has 13 heteroatoms. The van der Waals surface area contributed by atoms with Gasteiger partial charge in [0.2, 0.25) is 5.91 Å². The minimum atomic E-state index is -1.23. The van der Waals surface area contributed by atoms with E-state index < -0.39 is 29.5 Å². The second kappa shape index (κ2) is 14.2. The summed E-state index contributed by atoms with van der Waals surface area (Å²) in [5.41, 5.74) is 1.26. The summed E-state index contributed by atoms with van der Waals surface area (Å²) in [4.78, 5) is 43.8. The number of hydrogen-bond acceptors (Lipinski definition) is 8. The molecule has 238 valence electrons. The SMILES string of the molecule is COCOc1cc(Cl)ccc1-c1cc(-c2cccc(NC(=O)C(C)N(C(=O)O)C(C)(C)C)c2)c(C#N)c(NC(=O)c2ccco2)n1. The molecule has 3 N–H and O–H groups in total. The normalized spacial score (nSPS) is 11.7. The van der Waals surface area contributed by atoms with Gasteiger partial charge in [-0.2, -0.15) is 5.26 Å². The Morgan fingerprint density at radius 2 is 1.85 bits per heavy atom. The second-order valence-corrected chi connectivity index (χ2v) is 11.5. The van der Waals surface area contributed by atoms with E-state index in [1.165, 1.54) is 26.4 Å². The van der Waals surface area contributed by atoms with Gasteiger partial charge in [-0.05, 0) is 81.8 Å². The van der Waals surface area contributed by atoms with Crippen LogP contribution in [0, 0.1) is 11.3 Å². The molecule has 2 aromatic heterocycles. The summed E-state index contributed by atoms with van der Waals surface area (Å²) in [5.74, 6) is -0.858. The molecule has 0 saturated carbocycles. The monoisotopic (exact) mass is 645 g/mol. The van der Waals surface area contributed by atoms with E-state index in [9.17, 15) is 24.8 Å². The van der Waals surface area contributed by atoms with Crippen molar-refractivity contribution < 1.29 is 33.4 Å². The standard InChI is InChI=1S/C33H32ClN5O7/c1-19(39(32(42)43)33(2,3)4)30(40)36-22-9-6-8-20(14-22)24-16-26(23-12-11-21(34)15-28(23)46-18-44-5)37-29(25(24)17-35)38-31(41)27-10-7-13-45-27/h6-16,19H,18H2,1-5H3,(H,36,40)(H,42,43)(H,37,38,41). The third-order valence-corrected chi connectivity index (χ3v) is 7.03. The van der Waals surface area contributed by atoms with Gasteiger partial charge in [-0.3, -0.25) is 14.5 Å². The highest BCUT2D eigenvalue weighted by atomic mass is 35.5. The summed E-state index contributed by atoms with van der Waals surface area (Å²) in [5, 5.41) is 25.9. The Hall–Kier alpha value is -5.38. The predicted octanol–water partition coefficient (Wildman–Crippen LogP) is 6.87. The number of benzene rings is 2. The third-order valence-electron chi connectivity index (χ3n) is 6.80. The molecule has 1 unspecified atom stereocenters. The van der Waals surface area contributed by atoms with Crippen LogP contribution in [0.5, 0.6) is 5.75 Å². The van der Waals surface area contributed by atoms with Crippen LogP contribution in [0.3, 0.4) is 0 Å². The van der Waals surface area contributed by atoms with Crippen LogP contribution in [0.4, 0.5) is 16.3 Å². The number of nitriles is 1. The van der Waals surface area contributed by atoms with E-state index in [2.05, 4.69) is 21.7 Å². The van der Waals surface area contributed by atoms with Crippen molar-refractivity contribution in [1.29, 1.82) is 5.26 Å². The molecule has 12 nitrogen and oxygen atoms in total.